The van der Waals surface area contributed by atoms with Crippen LogP contribution in [0.1, 0.15) is 25.7 Å². The van der Waals surface area contributed by atoms with Crippen LogP contribution in [0.3, 0.4) is 0 Å². The fraction of sp³-hybridized carbons (Fsp3) is 0.188. The van der Waals surface area contributed by atoms with E-state index in [2.05, 4.69) is 36.5 Å². The molecule has 3 N–H and O–H groups in total. The minimum absolute atomic E-state index is 0.0671. The maximum absolute atomic E-state index is 14.3. The Hall–Kier alpha value is -5.05. The normalized spacial score (nSPS) is 13.7. The van der Waals surface area contributed by atoms with E-state index in [0.717, 1.165) is 70.1 Å². The number of carbonyl (C=O) groups is 1. The average Bonchev–Trinajstić information content (AvgIpc) is 3.76. The molecule has 7 rings (SSSR count). The zero-order valence-electron chi connectivity index (χ0n) is 22.4. The molecule has 1 aliphatic rings. The van der Waals surface area contributed by atoms with Crippen LogP contribution in [-0.4, -0.2) is 38.2 Å². The van der Waals surface area contributed by atoms with Crippen molar-refractivity contribution in [3.63, 3.8) is 0 Å². The number of nitrogens with one attached hydrogen (secondary N) is 3. The van der Waals surface area contributed by atoms with Gasteiger partial charge in [-0.25, -0.2) is 9.37 Å². The molecule has 2 aromatic carbocycles. The number of methoxy groups -OCH3 is 1. The number of fused-ring (bicyclic) bond motifs is 2. The third kappa shape index (κ3) is 4.69. The van der Waals surface area contributed by atoms with Gasteiger partial charge in [0.05, 0.1) is 30.2 Å². The molecule has 0 bridgehead atoms. The number of rotatable bonds is 6. The largest absolute Gasteiger partial charge is 0.497 e. The lowest BCUT2D eigenvalue weighted by Gasteiger charge is -2.11. The van der Waals surface area contributed by atoms with Gasteiger partial charge in [0, 0.05) is 40.7 Å². The molecule has 0 atom stereocenters. The van der Waals surface area contributed by atoms with Crippen LogP contribution < -0.4 is 10.1 Å². The molecule has 8 nitrogen and oxygen atoms in total. The maximum atomic E-state index is 14.3. The van der Waals surface area contributed by atoms with Crippen molar-refractivity contribution in [3.05, 3.63) is 79.0 Å². The van der Waals surface area contributed by atoms with Gasteiger partial charge in [0.1, 0.15) is 22.9 Å². The van der Waals surface area contributed by atoms with Gasteiger partial charge in [0.15, 0.2) is 0 Å². The minimum atomic E-state index is -0.373. The second kappa shape index (κ2) is 10.2. The van der Waals surface area contributed by atoms with Crippen LogP contribution in [0, 0.1) is 11.7 Å². The van der Waals surface area contributed by atoms with Crippen molar-refractivity contribution >= 4 is 33.5 Å². The number of anilines is 1. The highest BCUT2D eigenvalue weighted by atomic mass is 19.1. The first-order valence-electron chi connectivity index (χ1n) is 13.6. The van der Waals surface area contributed by atoms with E-state index in [4.69, 9.17) is 4.74 Å². The van der Waals surface area contributed by atoms with Crippen LogP contribution in [0.25, 0.3) is 55.6 Å². The second-order valence-electron chi connectivity index (χ2n) is 10.4. The van der Waals surface area contributed by atoms with E-state index < -0.39 is 0 Å². The highest BCUT2D eigenvalue weighted by Gasteiger charge is 2.23. The fourth-order valence-corrected chi connectivity index (χ4v) is 5.74. The van der Waals surface area contributed by atoms with Gasteiger partial charge in [-0.3, -0.25) is 14.9 Å². The first kappa shape index (κ1) is 25.0. The molecular formula is C32H27FN6O2. The molecule has 0 radical (unpaired) electrons. The van der Waals surface area contributed by atoms with Gasteiger partial charge >= 0.3 is 0 Å². The maximum Gasteiger partial charge on any atom is 0.227 e. The third-order valence-electron chi connectivity index (χ3n) is 7.83. The Bertz CT molecular complexity index is 1920. The number of halogens is 1. The average molecular weight is 547 g/mol. The summed E-state index contributed by atoms with van der Waals surface area (Å²) in [5.74, 6) is 0.223. The SMILES string of the molecule is COc1cc(F)cc(-c2ccnc3[nH]c(-c4n[nH]c5ccc(-c6cncc(NC(=O)C7CCCC7)c6)cc45)cc23)c1. The smallest absolute Gasteiger partial charge is 0.227 e. The highest BCUT2D eigenvalue weighted by molar-refractivity contribution is 6.01. The van der Waals surface area contributed by atoms with Crippen molar-refractivity contribution in [2.45, 2.75) is 25.7 Å². The number of carbonyl (C=O) groups excluding carboxylic acids is 1. The third-order valence-corrected chi connectivity index (χ3v) is 7.83. The van der Waals surface area contributed by atoms with Crippen LogP contribution in [-0.2, 0) is 4.79 Å². The van der Waals surface area contributed by atoms with E-state index >= 15 is 0 Å². The van der Waals surface area contributed by atoms with Gasteiger partial charge in [-0.1, -0.05) is 18.9 Å². The lowest BCUT2D eigenvalue weighted by Crippen LogP contribution is -2.20. The fourth-order valence-electron chi connectivity index (χ4n) is 5.74. The lowest BCUT2D eigenvalue weighted by atomic mass is 10.0. The lowest BCUT2D eigenvalue weighted by molar-refractivity contribution is -0.119. The van der Waals surface area contributed by atoms with Gasteiger partial charge in [0.25, 0.3) is 0 Å². The van der Waals surface area contributed by atoms with Crippen LogP contribution in [0.5, 0.6) is 5.75 Å². The number of amides is 1. The Kier molecular flexibility index (Phi) is 6.19. The second-order valence-corrected chi connectivity index (χ2v) is 10.4. The molecule has 4 aromatic heterocycles. The summed E-state index contributed by atoms with van der Waals surface area (Å²) in [4.78, 5) is 24.9. The number of hydrogen-bond donors (Lipinski definition) is 3. The molecule has 0 saturated heterocycles. The molecule has 1 aliphatic carbocycles. The topological polar surface area (TPSA) is 109 Å². The summed E-state index contributed by atoms with van der Waals surface area (Å²) in [6.45, 7) is 0. The molecule has 4 heterocycles. The Morgan fingerprint density at radius 1 is 0.976 bits per heavy atom. The number of hydrogen-bond acceptors (Lipinski definition) is 5. The van der Waals surface area contributed by atoms with E-state index in [1.165, 1.54) is 19.2 Å². The summed E-state index contributed by atoms with van der Waals surface area (Å²) in [7, 11) is 1.52. The van der Waals surface area contributed by atoms with E-state index in [1.807, 2.05) is 30.3 Å². The summed E-state index contributed by atoms with van der Waals surface area (Å²) in [5, 5.41) is 12.5. The van der Waals surface area contributed by atoms with Crippen molar-refractivity contribution < 1.29 is 13.9 Å². The molecule has 0 unspecified atom stereocenters. The number of benzene rings is 2. The van der Waals surface area contributed by atoms with Crippen molar-refractivity contribution in [1.29, 1.82) is 0 Å². The first-order valence-corrected chi connectivity index (χ1v) is 13.6. The Balaban J connectivity index is 1.25. The Morgan fingerprint density at radius 3 is 2.71 bits per heavy atom. The van der Waals surface area contributed by atoms with Gasteiger partial charge < -0.3 is 15.0 Å². The van der Waals surface area contributed by atoms with Gasteiger partial charge in [-0.05, 0) is 72.0 Å². The van der Waals surface area contributed by atoms with E-state index in [1.54, 1.807) is 24.7 Å². The number of nitrogens with zero attached hydrogens (tertiary/aromatic N) is 3. The van der Waals surface area contributed by atoms with Crippen molar-refractivity contribution in [1.82, 2.24) is 25.1 Å². The zero-order chi connectivity index (χ0) is 27.9. The number of ether oxygens (including phenoxy) is 1. The zero-order valence-corrected chi connectivity index (χ0v) is 22.4. The predicted octanol–water partition coefficient (Wildman–Crippen LogP) is 7.11. The molecule has 204 valence electrons. The molecular weight excluding hydrogens is 519 g/mol. The summed E-state index contributed by atoms with van der Waals surface area (Å²) in [5.41, 5.74) is 7.13. The number of H-pyrrole nitrogens is 2. The quantitative estimate of drug-likeness (QED) is 0.206. The summed E-state index contributed by atoms with van der Waals surface area (Å²) in [6, 6.07) is 16.5. The van der Waals surface area contributed by atoms with Gasteiger partial charge in [0.2, 0.25) is 5.91 Å². The predicted molar refractivity (Wildman–Crippen MR) is 157 cm³/mol. The Labute approximate surface area is 235 Å². The molecule has 6 aromatic rings. The molecule has 0 aliphatic heterocycles. The summed E-state index contributed by atoms with van der Waals surface area (Å²) < 4.78 is 19.6. The monoisotopic (exact) mass is 546 g/mol. The molecule has 1 amide bonds. The van der Waals surface area contributed by atoms with E-state index in [0.29, 0.717) is 22.6 Å². The molecule has 1 saturated carbocycles. The summed E-state index contributed by atoms with van der Waals surface area (Å²) >= 11 is 0. The van der Waals surface area contributed by atoms with Crippen LogP contribution >= 0.6 is 0 Å². The number of pyridine rings is 2. The van der Waals surface area contributed by atoms with Crippen LogP contribution in [0.4, 0.5) is 10.1 Å². The van der Waals surface area contributed by atoms with Crippen LogP contribution in [0.2, 0.25) is 0 Å². The highest BCUT2D eigenvalue weighted by Crippen LogP contribution is 2.36. The standard InChI is InChI=1S/C32H27FN6O2/c1-41-24-12-20(10-22(33)14-24)25-8-9-35-31-26(25)15-29(37-31)30-27-13-19(6-7-28(27)38-39-30)21-11-23(17-34-16-21)36-32(40)18-4-2-3-5-18/h6-18H,2-5H2,1H3,(H,35,37)(H,36,40)(H,38,39). The minimum Gasteiger partial charge on any atom is -0.497 e. The molecule has 41 heavy (non-hydrogen) atoms. The van der Waals surface area contributed by atoms with Crippen molar-refractivity contribution in [2.75, 3.05) is 12.4 Å². The number of aromatic nitrogens is 5. The van der Waals surface area contributed by atoms with Crippen molar-refractivity contribution in [3.8, 4) is 39.4 Å². The van der Waals surface area contributed by atoms with E-state index in [9.17, 15) is 9.18 Å². The van der Waals surface area contributed by atoms with Gasteiger partial charge in [-0.15, -0.1) is 0 Å². The number of aromatic amines is 2. The Morgan fingerprint density at radius 2 is 1.85 bits per heavy atom. The van der Waals surface area contributed by atoms with Crippen molar-refractivity contribution in [2.24, 2.45) is 5.92 Å². The van der Waals surface area contributed by atoms with Crippen LogP contribution in [0.15, 0.2) is 73.2 Å². The van der Waals surface area contributed by atoms with Gasteiger partial charge in [-0.2, -0.15) is 5.10 Å². The molecule has 0 spiro atoms. The molecule has 1 fully saturated rings. The molecule has 9 heteroatoms. The first-order chi connectivity index (χ1) is 20.1. The summed E-state index contributed by atoms with van der Waals surface area (Å²) in [6.07, 6.45) is 9.27. The van der Waals surface area contributed by atoms with E-state index in [-0.39, 0.29) is 17.6 Å².